The first-order chi connectivity index (χ1) is 2.81. The van der Waals surface area contributed by atoms with E-state index in [1.807, 2.05) is 0 Å². The Morgan fingerprint density at radius 1 is 1.29 bits per heavy atom. The van der Waals surface area contributed by atoms with Gasteiger partial charge in [0.25, 0.3) is 0 Å². The maximum absolute atomic E-state index is 8.01. The Balaban J connectivity index is 0. The molecule has 0 aliphatic rings. The second-order valence-corrected chi connectivity index (χ2v) is 0.974. The molecule has 0 fully saturated rings. The van der Waals surface area contributed by atoms with E-state index in [9.17, 15) is 0 Å². The van der Waals surface area contributed by atoms with Crippen LogP contribution in [0.2, 0.25) is 0 Å². The molecule has 0 amide bonds. The standard InChI is InChI=1S/C3H8NO2.Re/c4-3(1-5)2-6;/h5-6H,1-2,4H2;/q-1;. The number of rotatable bonds is 2. The van der Waals surface area contributed by atoms with E-state index < -0.39 is 0 Å². The van der Waals surface area contributed by atoms with Crippen LogP contribution in [-0.4, -0.2) is 23.4 Å². The first-order valence-corrected chi connectivity index (χ1v) is 1.63. The molecule has 0 aromatic heterocycles. The van der Waals surface area contributed by atoms with Gasteiger partial charge in [0.1, 0.15) is 0 Å². The fourth-order valence-corrected chi connectivity index (χ4v) is 0.0500. The predicted molar refractivity (Wildman–Crippen MR) is 21.6 cm³/mol. The minimum Gasteiger partial charge on any atom is -0.476 e. The largest absolute Gasteiger partial charge is 0.476 e. The third kappa shape index (κ3) is 6.54. The molecule has 0 unspecified atom stereocenters. The van der Waals surface area contributed by atoms with Crippen LogP contribution in [0.25, 0.3) is 0 Å². The molecule has 0 saturated heterocycles. The van der Waals surface area contributed by atoms with E-state index in [4.69, 9.17) is 15.9 Å². The second-order valence-electron chi connectivity index (χ2n) is 0.974. The zero-order valence-electron chi connectivity index (χ0n) is 3.76. The fourth-order valence-electron chi connectivity index (χ4n) is 0.0500. The van der Waals surface area contributed by atoms with Crippen molar-refractivity contribution in [3.63, 3.8) is 0 Å². The molecule has 0 aromatic rings. The molecule has 0 aliphatic carbocycles. The Bertz CT molecular complexity index is 32.1. The van der Waals surface area contributed by atoms with Crippen LogP contribution in [0, 0.1) is 6.04 Å². The maximum atomic E-state index is 8.01. The molecule has 4 N–H and O–H groups in total. The van der Waals surface area contributed by atoms with Gasteiger partial charge < -0.3 is 15.9 Å². The molecule has 3 nitrogen and oxygen atoms in total. The first-order valence-electron chi connectivity index (χ1n) is 1.63. The van der Waals surface area contributed by atoms with Crippen LogP contribution in [-0.2, 0) is 20.4 Å². The molecule has 0 saturated carbocycles. The van der Waals surface area contributed by atoms with Crippen molar-refractivity contribution in [3.8, 4) is 0 Å². The van der Waals surface area contributed by atoms with Crippen LogP contribution in [0.5, 0.6) is 0 Å². The van der Waals surface area contributed by atoms with Crippen molar-refractivity contribution in [2.75, 3.05) is 13.2 Å². The summed E-state index contributed by atoms with van der Waals surface area (Å²) in [6.45, 7) is -0.451. The zero-order chi connectivity index (χ0) is 4.99. The summed E-state index contributed by atoms with van der Waals surface area (Å²) in [4.78, 5) is 0. The van der Waals surface area contributed by atoms with Gasteiger partial charge in [-0.3, -0.25) is 0 Å². The molecular weight excluding hydrogens is 268 g/mol. The SMILES string of the molecule is N[C-](CO)CO.[Re]. The van der Waals surface area contributed by atoms with E-state index in [-0.39, 0.29) is 39.7 Å². The van der Waals surface area contributed by atoms with Gasteiger partial charge in [-0.2, -0.15) is 0 Å². The van der Waals surface area contributed by atoms with Gasteiger partial charge in [-0.15, -0.1) is 0 Å². The number of hydrogen-bond acceptors (Lipinski definition) is 3. The van der Waals surface area contributed by atoms with Crippen molar-refractivity contribution in [2.24, 2.45) is 5.73 Å². The Morgan fingerprint density at radius 3 is 1.57 bits per heavy atom. The van der Waals surface area contributed by atoms with E-state index in [2.05, 4.69) is 0 Å². The molecule has 0 atom stereocenters. The number of nitrogens with two attached hydrogens (primary N) is 1. The summed E-state index contributed by atoms with van der Waals surface area (Å²) < 4.78 is 0. The van der Waals surface area contributed by atoms with Crippen molar-refractivity contribution >= 4 is 0 Å². The molecule has 0 aliphatic heterocycles. The van der Waals surface area contributed by atoms with Gasteiger partial charge in [0, 0.05) is 20.4 Å². The number of aliphatic hydroxyl groups excluding tert-OH is 2. The molecule has 0 bridgehead atoms. The summed E-state index contributed by atoms with van der Waals surface area (Å²) in [6, 6.07) is 0.204. The monoisotopic (exact) mass is 277 g/mol. The summed E-state index contributed by atoms with van der Waals surface area (Å²) in [5, 5.41) is 16.0. The molecule has 0 heterocycles. The van der Waals surface area contributed by atoms with Gasteiger partial charge in [0.2, 0.25) is 0 Å². The Morgan fingerprint density at radius 2 is 1.57 bits per heavy atom. The van der Waals surface area contributed by atoms with E-state index >= 15 is 0 Å². The predicted octanol–water partition coefficient (Wildman–Crippen LogP) is -1.54. The van der Waals surface area contributed by atoms with Crippen molar-refractivity contribution in [1.82, 2.24) is 0 Å². The van der Waals surface area contributed by atoms with E-state index in [1.54, 1.807) is 0 Å². The normalized spacial score (nSPS) is 8.57. The summed E-state index contributed by atoms with van der Waals surface area (Å²) >= 11 is 0. The smallest absolute Gasteiger partial charge is 0 e. The van der Waals surface area contributed by atoms with Crippen molar-refractivity contribution < 1.29 is 30.6 Å². The molecule has 0 aromatic carbocycles. The average Bonchev–Trinajstić information content (AvgIpc) is 1.65. The van der Waals surface area contributed by atoms with Crippen molar-refractivity contribution in [1.29, 1.82) is 0 Å². The van der Waals surface area contributed by atoms with Crippen LogP contribution in [0.15, 0.2) is 0 Å². The molecule has 7 heavy (non-hydrogen) atoms. The van der Waals surface area contributed by atoms with Gasteiger partial charge in [-0.05, 0) is 0 Å². The summed E-state index contributed by atoms with van der Waals surface area (Å²) in [7, 11) is 0. The van der Waals surface area contributed by atoms with Crippen molar-refractivity contribution in [3.05, 3.63) is 6.04 Å². The molecule has 4 heteroatoms. The average molecular weight is 276 g/mol. The minimum atomic E-state index is -0.226. The summed E-state index contributed by atoms with van der Waals surface area (Å²) in [5.41, 5.74) is 4.89. The molecule has 0 rings (SSSR count). The van der Waals surface area contributed by atoms with Gasteiger partial charge in [0.15, 0.2) is 0 Å². The Kier molecular flexibility index (Phi) is 9.82. The third-order valence-corrected chi connectivity index (χ3v) is 0.406. The Hall–Kier alpha value is 0.542. The minimum absolute atomic E-state index is 0. The summed E-state index contributed by atoms with van der Waals surface area (Å²) in [5.74, 6) is 0. The third-order valence-electron chi connectivity index (χ3n) is 0.406. The Labute approximate surface area is 56.2 Å². The van der Waals surface area contributed by atoms with Crippen LogP contribution >= 0.6 is 0 Å². The quantitative estimate of drug-likeness (QED) is 0.536. The fraction of sp³-hybridized carbons (Fsp3) is 0.667. The maximum Gasteiger partial charge on any atom is 0 e. The summed E-state index contributed by atoms with van der Waals surface area (Å²) in [6.07, 6.45) is 0. The zero-order valence-corrected chi connectivity index (χ0v) is 6.48. The van der Waals surface area contributed by atoms with Crippen LogP contribution in [0.4, 0.5) is 0 Å². The van der Waals surface area contributed by atoms with Gasteiger partial charge in [-0.1, -0.05) is 13.2 Å². The van der Waals surface area contributed by atoms with Gasteiger partial charge >= 0.3 is 0 Å². The number of hydrogen-bond donors (Lipinski definition) is 3. The van der Waals surface area contributed by atoms with Crippen LogP contribution < -0.4 is 5.73 Å². The molecule has 1 radical (unpaired) electrons. The van der Waals surface area contributed by atoms with Crippen molar-refractivity contribution in [2.45, 2.75) is 0 Å². The molecular formula is C3H8NO2Re-. The van der Waals surface area contributed by atoms with E-state index in [0.717, 1.165) is 0 Å². The second kappa shape index (κ2) is 6.54. The van der Waals surface area contributed by atoms with E-state index in [1.165, 1.54) is 0 Å². The van der Waals surface area contributed by atoms with Gasteiger partial charge in [0.05, 0.1) is 0 Å². The topological polar surface area (TPSA) is 66.5 Å². The van der Waals surface area contributed by atoms with Gasteiger partial charge in [-0.25, -0.2) is 6.04 Å². The van der Waals surface area contributed by atoms with E-state index in [0.29, 0.717) is 0 Å². The molecule has 45 valence electrons. The number of aliphatic hydroxyl groups is 2. The van der Waals surface area contributed by atoms with Crippen LogP contribution in [0.3, 0.4) is 0 Å². The molecule has 0 spiro atoms. The first kappa shape index (κ1) is 10.5. The van der Waals surface area contributed by atoms with Crippen LogP contribution in [0.1, 0.15) is 0 Å².